The molecule has 0 fully saturated rings. The Kier molecular flexibility index (Phi) is 12.4. The molecule has 0 heterocycles. The monoisotopic (exact) mass is 379 g/mol. The van der Waals surface area contributed by atoms with E-state index in [2.05, 4.69) is 0 Å². The number of nitrogens with two attached hydrogens (primary N) is 1. The van der Waals surface area contributed by atoms with E-state index in [0.29, 0.717) is 19.6 Å². The van der Waals surface area contributed by atoms with Gasteiger partial charge in [0.1, 0.15) is 12.6 Å². The van der Waals surface area contributed by atoms with Gasteiger partial charge in [-0.05, 0) is 26.7 Å². The lowest BCUT2D eigenvalue weighted by Crippen LogP contribution is -2.31. The molecular formula is C17H33NO8. The topological polar surface area (TPSA) is 149 Å². The van der Waals surface area contributed by atoms with E-state index >= 15 is 0 Å². The van der Waals surface area contributed by atoms with Gasteiger partial charge in [0.25, 0.3) is 0 Å². The molecule has 0 aliphatic heterocycles. The number of esters is 1. The van der Waals surface area contributed by atoms with E-state index in [4.69, 9.17) is 25.1 Å². The second-order valence-electron chi connectivity index (χ2n) is 6.87. The first-order chi connectivity index (χ1) is 12.1. The highest BCUT2D eigenvalue weighted by molar-refractivity contribution is 5.75. The van der Waals surface area contributed by atoms with Crippen LogP contribution in [0.15, 0.2) is 0 Å². The lowest BCUT2D eigenvalue weighted by atomic mass is 9.89. The Hall–Kier alpha value is -1.26. The van der Waals surface area contributed by atoms with Crippen molar-refractivity contribution in [2.24, 2.45) is 11.1 Å². The molecule has 3 atom stereocenters. The zero-order valence-corrected chi connectivity index (χ0v) is 15.8. The van der Waals surface area contributed by atoms with Gasteiger partial charge < -0.3 is 35.3 Å². The second kappa shape index (κ2) is 13.0. The molecule has 0 spiro atoms. The Labute approximate surface area is 154 Å². The number of aliphatic hydroxyl groups excluding tert-OH is 2. The van der Waals surface area contributed by atoms with E-state index in [9.17, 15) is 19.8 Å². The van der Waals surface area contributed by atoms with Crippen LogP contribution in [0.2, 0.25) is 0 Å². The van der Waals surface area contributed by atoms with Crippen molar-refractivity contribution in [2.45, 2.75) is 58.3 Å². The molecule has 0 amide bonds. The molecule has 0 radical (unpaired) electrons. The third kappa shape index (κ3) is 11.4. The van der Waals surface area contributed by atoms with Gasteiger partial charge in [0, 0.05) is 18.4 Å². The summed E-state index contributed by atoms with van der Waals surface area (Å²) >= 11 is 0. The van der Waals surface area contributed by atoms with Crippen molar-refractivity contribution in [3.63, 3.8) is 0 Å². The van der Waals surface area contributed by atoms with E-state index in [1.807, 2.05) is 6.92 Å². The highest BCUT2D eigenvalue weighted by Gasteiger charge is 2.22. The summed E-state index contributed by atoms with van der Waals surface area (Å²) in [5.41, 5.74) is 4.75. The molecule has 0 saturated carbocycles. The largest absolute Gasteiger partial charge is 0.480 e. The molecule has 9 nitrogen and oxygen atoms in total. The van der Waals surface area contributed by atoms with Crippen molar-refractivity contribution in [1.82, 2.24) is 0 Å². The minimum Gasteiger partial charge on any atom is -0.480 e. The van der Waals surface area contributed by atoms with Crippen molar-refractivity contribution in [3.05, 3.63) is 0 Å². The molecule has 5 N–H and O–H groups in total. The van der Waals surface area contributed by atoms with Crippen LogP contribution < -0.4 is 5.73 Å². The van der Waals surface area contributed by atoms with Gasteiger partial charge in [-0.1, -0.05) is 6.92 Å². The number of carboxylic acids is 1. The predicted molar refractivity (Wildman–Crippen MR) is 93.5 cm³/mol. The Morgan fingerprint density at radius 1 is 1.08 bits per heavy atom. The summed E-state index contributed by atoms with van der Waals surface area (Å²) in [7, 11) is 0. The molecule has 0 bridgehead atoms. The molecule has 26 heavy (non-hydrogen) atoms. The van der Waals surface area contributed by atoms with Crippen LogP contribution in [-0.4, -0.2) is 78.5 Å². The minimum absolute atomic E-state index is 0.0227. The maximum absolute atomic E-state index is 11.5. The van der Waals surface area contributed by atoms with Gasteiger partial charge in [-0.3, -0.25) is 9.59 Å². The second-order valence-corrected chi connectivity index (χ2v) is 6.87. The Morgan fingerprint density at radius 2 is 1.65 bits per heavy atom. The molecule has 0 rings (SSSR count). The van der Waals surface area contributed by atoms with Gasteiger partial charge in [-0.2, -0.15) is 0 Å². The molecule has 0 saturated heterocycles. The van der Waals surface area contributed by atoms with Gasteiger partial charge in [0.15, 0.2) is 0 Å². The normalized spacial score (nSPS) is 15.3. The average molecular weight is 379 g/mol. The zero-order valence-electron chi connectivity index (χ0n) is 15.8. The standard InChI is InChI=1S/C17H33NO8/c1-12(24-7-6-17(3,10-19)11-20)8-25-13(2)9-26-15(21)5-4-14(18)16(22)23/h12-14,19-20H,4-11,18H2,1-3H3,(H,22,23). The van der Waals surface area contributed by atoms with Crippen LogP contribution in [-0.2, 0) is 23.8 Å². The number of aliphatic hydroxyl groups is 2. The van der Waals surface area contributed by atoms with Crippen molar-refractivity contribution >= 4 is 11.9 Å². The maximum Gasteiger partial charge on any atom is 0.320 e. The lowest BCUT2D eigenvalue weighted by molar-refractivity contribution is -0.149. The molecule has 3 unspecified atom stereocenters. The summed E-state index contributed by atoms with van der Waals surface area (Å²) < 4.78 is 16.1. The van der Waals surface area contributed by atoms with E-state index in [0.717, 1.165) is 0 Å². The van der Waals surface area contributed by atoms with Crippen molar-refractivity contribution in [3.8, 4) is 0 Å². The number of rotatable bonds is 15. The van der Waals surface area contributed by atoms with Gasteiger partial charge in [0.2, 0.25) is 0 Å². The first-order valence-electron chi connectivity index (χ1n) is 8.72. The van der Waals surface area contributed by atoms with Crippen molar-refractivity contribution in [1.29, 1.82) is 0 Å². The number of aliphatic carboxylic acids is 1. The van der Waals surface area contributed by atoms with Crippen LogP contribution in [0.1, 0.15) is 40.0 Å². The van der Waals surface area contributed by atoms with Crippen LogP contribution in [0.3, 0.4) is 0 Å². The molecule has 0 aliphatic carbocycles. The third-order valence-electron chi connectivity index (χ3n) is 3.94. The molecule has 154 valence electrons. The maximum atomic E-state index is 11.5. The fourth-order valence-electron chi connectivity index (χ4n) is 1.79. The summed E-state index contributed by atoms with van der Waals surface area (Å²) in [6.45, 7) is 5.87. The quantitative estimate of drug-likeness (QED) is 0.286. The Bertz CT molecular complexity index is 414. The molecule has 9 heteroatoms. The minimum atomic E-state index is -1.15. The highest BCUT2D eigenvalue weighted by atomic mass is 16.6. The number of hydrogen-bond acceptors (Lipinski definition) is 8. The smallest absolute Gasteiger partial charge is 0.320 e. The van der Waals surface area contributed by atoms with Crippen molar-refractivity contribution < 1.29 is 39.1 Å². The van der Waals surface area contributed by atoms with Crippen LogP contribution in [0.5, 0.6) is 0 Å². The fraction of sp³-hybridized carbons (Fsp3) is 0.882. The van der Waals surface area contributed by atoms with Crippen LogP contribution in [0, 0.1) is 5.41 Å². The van der Waals surface area contributed by atoms with E-state index in [-0.39, 0.29) is 44.9 Å². The third-order valence-corrected chi connectivity index (χ3v) is 3.94. The van der Waals surface area contributed by atoms with Gasteiger partial charge in [-0.25, -0.2) is 0 Å². The first kappa shape index (κ1) is 24.7. The SMILES string of the molecule is CC(COC(=O)CCC(N)C(=O)O)OCC(C)OCCC(C)(CO)CO. The Morgan fingerprint density at radius 3 is 2.19 bits per heavy atom. The van der Waals surface area contributed by atoms with Gasteiger partial charge in [-0.15, -0.1) is 0 Å². The molecular weight excluding hydrogens is 346 g/mol. The summed E-state index contributed by atoms with van der Waals surface area (Å²) in [6, 6.07) is -1.08. The lowest BCUT2D eigenvalue weighted by Gasteiger charge is -2.25. The summed E-state index contributed by atoms with van der Waals surface area (Å²) in [4.78, 5) is 22.1. The van der Waals surface area contributed by atoms with Crippen LogP contribution in [0.4, 0.5) is 0 Å². The van der Waals surface area contributed by atoms with E-state index in [1.54, 1.807) is 13.8 Å². The van der Waals surface area contributed by atoms with Crippen molar-refractivity contribution in [2.75, 3.05) is 33.0 Å². The van der Waals surface area contributed by atoms with E-state index in [1.165, 1.54) is 0 Å². The number of carbonyl (C=O) groups excluding carboxylic acids is 1. The summed E-state index contributed by atoms with van der Waals surface area (Å²) in [5, 5.41) is 27.1. The Balaban J connectivity index is 3.85. The predicted octanol–water partition coefficient (Wildman–Crippen LogP) is -0.0871. The average Bonchev–Trinajstić information content (AvgIpc) is 2.62. The number of carbonyl (C=O) groups is 2. The molecule has 0 aromatic carbocycles. The number of carboxylic acid groups (broad SMARTS) is 1. The summed E-state index contributed by atoms with van der Waals surface area (Å²) in [5.74, 6) is -1.67. The zero-order chi connectivity index (χ0) is 20.2. The molecule has 0 aromatic rings. The fourth-order valence-corrected chi connectivity index (χ4v) is 1.79. The van der Waals surface area contributed by atoms with Crippen LogP contribution >= 0.6 is 0 Å². The van der Waals surface area contributed by atoms with Crippen LogP contribution in [0.25, 0.3) is 0 Å². The number of ether oxygens (including phenoxy) is 3. The first-order valence-corrected chi connectivity index (χ1v) is 8.72. The molecule has 0 aromatic heterocycles. The highest BCUT2D eigenvalue weighted by Crippen LogP contribution is 2.19. The number of hydrogen-bond donors (Lipinski definition) is 4. The summed E-state index contributed by atoms with van der Waals surface area (Å²) in [6.07, 6.45) is -0.0411. The van der Waals surface area contributed by atoms with Gasteiger partial charge in [0.05, 0.1) is 32.0 Å². The van der Waals surface area contributed by atoms with Gasteiger partial charge >= 0.3 is 11.9 Å². The molecule has 0 aliphatic rings. The van der Waals surface area contributed by atoms with E-state index < -0.39 is 23.4 Å².